The summed E-state index contributed by atoms with van der Waals surface area (Å²) in [4.78, 5) is 186. The number of nitrogens with zero attached hydrogens (tertiary/aromatic N) is 5. The highest BCUT2D eigenvalue weighted by Crippen LogP contribution is 2.37. The predicted molar refractivity (Wildman–Crippen MR) is 383 cm³/mol. The highest BCUT2D eigenvalue weighted by molar-refractivity contribution is 14.1. The van der Waals surface area contributed by atoms with Crippen LogP contribution in [0.1, 0.15) is 101 Å². The van der Waals surface area contributed by atoms with Crippen molar-refractivity contribution >= 4 is 143 Å². The maximum atomic E-state index is 14.5. The van der Waals surface area contributed by atoms with E-state index in [0.29, 0.717) is 43.4 Å². The number of carboxylic acids is 2. The second kappa shape index (κ2) is 44.5. The number of amides is 10. The molecule has 42 heteroatoms. The summed E-state index contributed by atoms with van der Waals surface area (Å²) in [5.74, 6) is -13.8. The number of carbonyl (C=O) groups is 12. The van der Waals surface area contributed by atoms with E-state index in [2.05, 4.69) is 95.7 Å². The molecule has 10 amide bonds. The van der Waals surface area contributed by atoms with E-state index in [1.54, 1.807) is 24.3 Å². The van der Waals surface area contributed by atoms with Crippen molar-refractivity contribution < 1.29 is 67.7 Å². The van der Waals surface area contributed by atoms with Gasteiger partial charge in [0.25, 0.3) is 0 Å². The molecule has 1 aliphatic rings. The minimum Gasteiger partial charge on any atom is -0.481 e. The van der Waals surface area contributed by atoms with Crippen molar-refractivity contribution in [3.8, 4) is 0 Å². The minimum atomic E-state index is -1.94. The summed E-state index contributed by atoms with van der Waals surface area (Å²) in [7, 11) is 0. The molecule has 1 heterocycles. The van der Waals surface area contributed by atoms with Gasteiger partial charge in [-0.1, -0.05) is 31.4 Å². The molecular formula is C58H94IN25O14S2. The average molecular weight is 1560 g/mol. The van der Waals surface area contributed by atoms with E-state index < -0.39 is 150 Å². The number of nitrogens with one attached hydrogen (secondary N) is 11. The van der Waals surface area contributed by atoms with E-state index in [-0.39, 0.29) is 114 Å². The Morgan fingerprint density at radius 1 is 0.520 bits per heavy atom. The fourth-order valence-corrected chi connectivity index (χ4v) is 11.1. The SMILES string of the molecule is NC(N)=NCCC[C@H](NC(=O)[C@H](CS)NC(=O)[C@H](CCCN=C(N)N)NC(=O)[C@H](Cc1ccc(I)cc1)NC(=O)[C@H](CC(=O)O)NC(=O)CNC(=O)[C@H](CCCN=C(N)N)NC(=O)[C@H](Cc1cnc[nH]1)NC(=O)CNC(=O)C(NC(=O)[C@@H](N)CCCN=C(N)N)C1(S)CCCCC1)C(=O)O. The van der Waals surface area contributed by atoms with Crippen molar-refractivity contribution in [2.24, 2.45) is 71.6 Å². The van der Waals surface area contributed by atoms with Gasteiger partial charge in [0.1, 0.15) is 48.3 Å². The summed E-state index contributed by atoms with van der Waals surface area (Å²) >= 11 is 11.1. The molecule has 0 radical (unpaired) electrons. The number of nitrogens with two attached hydrogens (primary N) is 9. The number of aliphatic imine (C=N–C) groups is 4. The van der Waals surface area contributed by atoms with Crippen LogP contribution in [0.5, 0.6) is 0 Å². The van der Waals surface area contributed by atoms with Gasteiger partial charge in [0, 0.05) is 65.0 Å². The second-order valence-electron chi connectivity index (χ2n) is 23.2. The molecule has 9 atom stereocenters. The van der Waals surface area contributed by atoms with Crippen LogP contribution in [0.2, 0.25) is 0 Å². The zero-order valence-corrected chi connectivity index (χ0v) is 58.9. The molecule has 0 bridgehead atoms. The summed E-state index contributed by atoms with van der Waals surface area (Å²) < 4.78 is -0.237. The number of aliphatic carboxylic acids is 2. The van der Waals surface area contributed by atoms with Gasteiger partial charge in [-0.3, -0.25) is 72.7 Å². The molecule has 31 N–H and O–H groups in total. The minimum absolute atomic E-state index is 0.0441. The zero-order valence-electron chi connectivity index (χ0n) is 54.9. The van der Waals surface area contributed by atoms with Crippen LogP contribution in [0.4, 0.5) is 0 Å². The third-order valence-corrected chi connectivity index (χ3v) is 16.9. The van der Waals surface area contributed by atoms with E-state index in [0.717, 1.165) is 9.99 Å². The topological polar surface area (TPSA) is 678 Å². The highest BCUT2D eigenvalue weighted by Gasteiger charge is 2.43. The molecule has 100 heavy (non-hydrogen) atoms. The van der Waals surface area contributed by atoms with Gasteiger partial charge in [-0.15, -0.1) is 0 Å². The number of halogens is 1. The van der Waals surface area contributed by atoms with Crippen molar-refractivity contribution in [1.82, 2.24) is 63.1 Å². The maximum absolute atomic E-state index is 14.5. The Kier molecular flexibility index (Phi) is 37.8. The van der Waals surface area contributed by atoms with Crippen molar-refractivity contribution in [3.05, 3.63) is 51.6 Å². The maximum Gasteiger partial charge on any atom is 0.326 e. The summed E-state index contributed by atoms with van der Waals surface area (Å²) in [6.45, 7) is -1.48. The summed E-state index contributed by atoms with van der Waals surface area (Å²) in [5.41, 5.74) is 50.5. The van der Waals surface area contributed by atoms with Gasteiger partial charge >= 0.3 is 11.9 Å². The van der Waals surface area contributed by atoms with Crippen LogP contribution in [-0.2, 0) is 70.4 Å². The Balaban J connectivity index is 1.86. The van der Waals surface area contributed by atoms with Gasteiger partial charge in [0.05, 0.1) is 31.9 Å². The lowest BCUT2D eigenvalue weighted by molar-refractivity contribution is -0.142. The molecule has 1 aliphatic carbocycles. The van der Waals surface area contributed by atoms with E-state index >= 15 is 0 Å². The Morgan fingerprint density at radius 2 is 0.940 bits per heavy atom. The fourth-order valence-electron chi connectivity index (χ4n) is 9.98. The van der Waals surface area contributed by atoms with Gasteiger partial charge in [0.15, 0.2) is 23.8 Å². The number of carboxylic acid groups (broad SMARTS) is 2. The molecular weight excluding hydrogens is 1460 g/mol. The number of guanidine groups is 4. The number of hydrogen-bond donors (Lipinski definition) is 24. The number of benzene rings is 1. The van der Waals surface area contributed by atoms with Gasteiger partial charge in [0.2, 0.25) is 59.1 Å². The van der Waals surface area contributed by atoms with E-state index in [1.165, 1.54) is 12.5 Å². The Bertz CT molecular complexity index is 3200. The van der Waals surface area contributed by atoms with E-state index in [9.17, 15) is 67.7 Å². The van der Waals surface area contributed by atoms with Crippen molar-refractivity contribution in [1.29, 1.82) is 0 Å². The number of carbonyl (C=O) groups excluding carboxylic acids is 10. The number of imidazole rings is 1. The van der Waals surface area contributed by atoms with Crippen LogP contribution in [0.15, 0.2) is 56.8 Å². The summed E-state index contributed by atoms with van der Waals surface area (Å²) in [5, 5.41) is 44.6. The number of aromatic nitrogens is 2. The Hall–Kier alpha value is -9.46. The number of H-pyrrole nitrogens is 1. The van der Waals surface area contributed by atoms with Crippen LogP contribution >= 0.6 is 47.8 Å². The second-order valence-corrected chi connectivity index (χ2v) is 25.7. The molecule has 39 nitrogen and oxygen atoms in total. The van der Waals surface area contributed by atoms with Gasteiger partial charge in [-0.25, -0.2) is 9.78 Å². The fraction of sp³-hybridized carbons (Fsp3) is 0.569. The first-order chi connectivity index (χ1) is 47.3. The third-order valence-electron chi connectivity index (χ3n) is 15.1. The van der Waals surface area contributed by atoms with E-state index in [4.69, 9.17) is 64.2 Å². The number of rotatable bonds is 45. The summed E-state index contributed by atoms with van der Waals surface area (Å²) in [6.07, 6.45) is 4.50. The van der Waals surface area contributed by atoms with Crippen LogP contribution in [-0.4, -0.2) is 219 Å². The molecule has 1 saturated carbocycles. The van der Waals surface area contributed by atoms with Crippen LogP contribution in [0, 0.1) is 3.57 Å². The third kappa shape index (κ3) is 32.9. The first-order valence-corrected chi connectivity index (χ1v) is 33.9. The zero-order chi connectivity index (χ0) is 74.5. The highest BCUT2D eigenvalue weighted by atomic mass is 127. The average Bonchev–Trinajstić information content (AvgIpc) is 0.912. The first kappa shape index (κ1) is 84.8. The summed E-state index contributed by atoms with van der Waals surface area (Å²) in [6, 6.07) is -6.63. The van der Waals surface area contributed by atoms with Crippen LogP contribution < -0.4 is 105 Å². The largest absolute Gasteiger partial charge is 0.481 e. The lowest BCUT2D eigenvalue weighted by atomic mass is 9.82. The van der Waals surface area contributed by atoms with Gasteiger partial charge < -0.3 is 120 Å². The molecule has 0 saturated heterocycles. The molecule has 1 aromatic carbocycles. The Labute approximate surface area is 600 Å². The molecule has 1 unspecified atom stereocenters. The molecule has 2 aromatic rings. The molecule has 554 valence electrons. The van der Waals surface area contributed by atoms with Crippen molar-refractivity contribution in [3.63, 3.8) is 0 Å². The standard InChI is InChI=1S/C58H94IN25O14S2/c59-31-14-12-30(13-15-31)22-37(48(92)80-35(10-6-20-72-56(65)66)47(91)83-40(28-99)51(95)81-36(53(97)98)11-7-21-73-57(67)68)82-50(94)39(24-43(87)88)78-41(85)26-74-46(90)34(9-5-19-71-55(63)64)79-49(93)38(23-32-25-69-29-76-32)77-42(86)27-75-52(96)44(58(100)16-2-1-3-17-58)84-45(89)33(60)8-4-18-70-54(61)62/h12-15,25,29,33-40,44,99-100H,1-11,16-24,26-28,60H2,(H,69,76)(H,74,90)(H,75,96)(H,77,86)(H,78,85)(H,79,93)(H,80,92)(H,81,95)(H,82,94)(H,83,91)(H,84,89)(H,87,88)(H,97,98)(H4,61,62,70)(H4,63,64,71)(H4,65,66,72)(H4,67,68,73)/t33-,34-,35-,36-,37-,38-,39-,40-,44?/m0/s1. The van der Waals surface area contributed by atoms with Gasteiger partial charge in [-0.05, 0) is 104 Å². The molecule has 1 aromatic heterocycles. The molecule has 1 fully saturated rings. The van der Waals surface area contributed by atoms with Crippen molar-refractivity contribution in [2.75, 3.05) is 45.0 Å². The lowest BCUT2D eigenvalue weighted by Crippen LogP contribution is -2.61. The van der Waals surface area contributed by atoms with Crippen LogP contribution in [0.3, 0.4) is 0 Å². The number of thiol groups is 2. The number of hydrogen-bond acceptors (Lipinski definition) is 20. The predicted octanol–water partition coefficient (Wildman–Crippen LogP) is -7.43. The monoisotopic (exact) mass is 1560 g/mol. The van der Waals surface area contributed by atoms with E-state index in [1.807, 2.05) is 22.6 Å². The molecule has 0 aliphatic heterocycles. The van der Waals surface area contributed by atoms with Crippen LogP contribution in [0.25, 0.3) is 0 Å². The molecule has 3 rings (SSSR count). The quantitative estimate of drug-likeness (QED) is 0.00963. The van der Waals surface area contributed by atoms with Crippen molar-refractivity contribution in [2.45, 2.75) is 162 Å². The molecule has 0 spiro atoms. The smallest absolute Gasteiger partial charge is 0.326 e. The lowest BCUT2D eigenvalue weighted by Gasteiger charge is -2.39. The Morgan fingerprint density at radius 3 is 1.42 bits per heavy atom. The normalized spacial score (nSPS) is 14.9. The van der Waals surface area contributed by atoms with Gasteiger partial charge in [-0.2, -0.15) is 25.3 Å². The first-order valence-electron chi connectivity index (χ1n) is 31.7. The number of aromatic amines is 1.